The minimum absolute atomic E-state index is 0.0991. The van der Waals surface area contributed by atoms with Gasteiger partial charge in [-0.2, -0.15) is 0 Å². The van der Waals surface area contributed by atoms with Crippen molar-refractivity contribution in [2.45, 2.75) is 64.3 Å². The summed E-state index contributed by atoms with van der Waals surface area (Å²) in [5, 5.41) is 32.8. The molecule has 0 saturated carbocycles. The second kappa shape index (κ2) is 14.0. The first-order valence-electron chi connectivity index (χ1n) is 14.0. The van der Waals surface area contributed by atoms with Gasteiger partial charge in [-0.1, -0.05) is 48.5 Å². The number of carbonyl (C=O) groups is 2. The van der Waals surface area contributed by atoms with Gasteiger partial charge in [0.05, 0.1) is 24.3 Å². The van der Waals surface area contributed by atoms with Gasteiger partial charge in [-0.3, -0.25) is 14.6 Å². The molecule has 220 valence electrons. The lowest BCUT2D eigenvalue weighted by Crippen LogP contribution is -2.27. The molecule has 0 saturated heterocycles. The van der Waals surface area contributed by atoms with Crippen LogP contribution in [0, 0.1) is 5.82 Å². The summed E-state index contributed by atoms with van der Waals surface area (Å²) in [5.41, 5.74) is 4.63. The molecule has 4 aromatic rings. The molecule has 2 heterocycles. The van der Waals surface area contributed by atoms with E-state index in [4.69, 9.17) is 5.11 Å². The first kappa shape index (κ1) is 30.6. The smallest absolute Gasteiger partial charge is 0.305 e. The highest BCUT2D eigenvalue weighted by atomic mass is 19.1. The van der Waals surface area contributed by atoms with Crippen LogP contribution in [0.3, 0.4) is 0 Å². The van der Waals surface area contributed by atoms with Gasteiger partial charge in [0, 0.05) is 35.6 Å². The quantitative estimate of drug-likeness (QED) is 0.170. The number of aliphatic carboxylic acids is 1. The van der Waals surface area contributed by atoms with E-state index in [2.05, 4.69) is 10.3 Å². The minimum atomic E-state index is -1.19. The molecule has 0 aliphatic rings. The Bertz CT molecular complexity index is 1490. The lowest BCUT2D eigenvalue weighted by atomic mass is 9.94. The number of rotatable bonds is 13. The largest absolute Gasteiger partial charge is 0.481 e. The van der Waals surface area contributed by atoms with Crippen LogP contribution in [-0.2, 0) is 17.8 Å². The van der Waals surface area contributed by atoms with E-state index in [0.29, 0.717) is 41.0 Å². The molecule has 0 fully saturated rings. The zero-order valence-corrected chi connectivity index (χ0v) is 23.7. The van der Waals surface area contributed by atoms with E-state index in [1.807, 2.05) is 60.9 Å². The standard InChI is InChI=1S/C33H36FN3O5/c1-21(2)37-28(16-15-25(38)18-26(39)19-29(40)41)30(23-11-13-24(34)14-12-23)31(27-10-6-7-17-35-27)32(37)33(42)36-20-22-8-4-3-5-9-22/h3-14,17,21,25-26,38-39H,15-16,18-20H2,1-2H3,(H,36,42)(H,40,41)/t25-,26-/m1/s1. The van der Waals surface area contributed by atoms with Gasteiger partial charge < -0.3 is 25.2 Å². The molecule has 2 atom stereocenters. The van der Waals surface area contributed by atoms with E-state index in [1.54, 1.807) is 24.4 Å². The molecular weight excluding hydrogens is 537 g/mol. The molecule has 9 heteroatoms. The van der Waals surface area contributed by atoms with Gasteiger partial charge in [-0.05, 0) is 68.5 Å². The number of amides is 1. The summed E-state index contributed by atoms with van der Waals surface area (Å²) in [6.07, 6.45) is -0.575. The van der Waals surface area contributed by atoms with E-state index < -0.39 is 30.4 Å². The molecule has 0 bridgehead atoms. The van der Waals surface area contributed by atoms with Gasteiger partial charge in [0.1, 0.15) is 11.5 Å². The topological polar surface area (TPSA) is 125 Å². The summed E-state index contributed by atoms with van der Waals surface area (Å²) in [4.78, 5) is 29.6. The Kier molecular flexibility index (Phi) is 10.2. The van der Waals surface area contributed by atoms with Crippen LogP contribution in [0.25, 0.3) is 22.4 Å². The average Bonchev–Trinajstić information content (AvgIpc) is 3.31. The Morgan fingerprint density at radius 3 is 2.24 bits per heavy atom. The maximum atomic E-state index is 14.0. The summed E-state index contributed by atoms with van der Waals surface area (Å²) in [6, 6.07) is 20.9. The fourth-order valence-electron chi connectivity index (χ4n) is 5.25. The average molecular weight is 574 g/mol. The van der Waals surface area contributed by atoms with Gasteiger partial charge in [0.2, 0.25) is 0 Å². The minimum Gasteiger partial charge on any atom is -0.481 e. The summed E-state index contributed by atoms with van der Waals surface area (Å²) >= 11 is 0. The maximum absolute atomic E-state index is 14.0. The Morgan fingerprint density at radius 2 is 1.62 bits per heavy atom. The van der Waals surface area contributed by atoms with Gasteiger partial charge >= 0.3 is 5.97 Å². The normalized spacial score (nSPS) is 12.7. The van der Waals surface area contributed by atoms with E-state index in [-0.39, 0.29) is 24.8 Å². The van der Waals surface area contributed by atoms with Crippen molar-refractivity contribution in [3.05, 3.63) is 102 Å². The lowest BCUT2D eigenvalue weighted by molar-refractivity contribution is -0.139. The van der Waals surface area contributed by atoms with Crippen LogP contribution in [0.2, 0.25) is 0 Å². The maximum Gasteiger partial charge on any atom is 0.305 e. The zero-order valence-electron chi connectivity index (χ0n) is 23.7. The number of carbonyl (C=O) groups excluding carboxylic acids is 1. The fourth-order valence-corrected chi connectivity index (χ4v) is 5.25. The SMILES string of the molecule is CC(C)n1c(CC[C@@H](O)C[C@@H](O)CC(=O)O)c(-c2ccc(F)cc2)c(-c2ccccn2)c1C(=O)NCc1ccccc1. The highest BCUT2D eigenvalue weighted by molar-refractivity contribution is 6.04. The molecule has 0 aliphatic carbocycles. The Morgan fingerprint density at radius 1 is 0.929 bits per heavy atom. The summed E-state index contributed by atoms with van der Waals surface area (Å²) in [6.45, 7) is 4.23. The molecule has 0 unspecified atom stereocenters. The van der Waals surface area contributed by atoms with Gasteiger partial charge in [0.15, 0.2) is 0 Å². The van der Waals surface area contributed by atoms with E-state index in [1.165, 1.54) is 12.1 Å². The van der Waals surface area contributed by atoms with Gasteiger partial charge in [-0.25, -0.2) is 4.39 Å². The second-order valence-electron chi connectivity index (χ2n) is 10.6. The molecule has 4 rings (SSSR count). The first-order chi connectivity index (χ1) is 20.2. The summed E-state index contributed by atoms with van der Waals surface area (Å²) in [7, 11) is 0. The molecular formula is C33H36FN3O5. The summed E-state index contributed by atoms with van der Waals surface area (Å²) < 4.78 is 15.9. The van der Waals surface area contributed by atoms with Crippen molar-refractivity contribution in [2.24, 2.45) is 0 Å². The zero-order chi connectivity index (χ0) is 30.2. The molecule has 8 nitrogen and oxygen atoms in total. The Balaban J connectivity index is 1.85. The molecule has 2 aromatic heterocycles. The number of benzene rings is 2. The van der Waals surface area contributed by atoms with Crippen molar-refractivity contribution in [1.82, 2.24) is 14.9 Å². The number of aromatic nitrogens is 2. The predicted octanol–water partition coefficient (Wildman–Crippen LogP) is 5.39. The third-order valence-corrected chi connectivity index (χ3v) is 7.06. The third kappa shape index (κ3) is 7.48. The lowest BCUT2D eigenvalue weighted by Gasteiger charge is -2.20. The highest BCUT2D eigenvalue weighted by Gasteiger charge is 2.31. The van der Waals surface area contributed by atoms with Crippen molar-refractivity contribution in [3.63, 3.8) is 0 Å². The Labute approximate surface area is 244 Å². The third-order valence-electron chi connectivity index (χ3n) is 7.06. The van der Waals surface area contributed by atoms with Crippen LogP contribution in [0.4, 0.5) is 4.39 Å². The predicted molar refractivity (Wildman–Crippen MR) is 158 cm³/mol. The van der Waals surface area contributed by atoms with Crippen molar-refractivity contribution in [3.8, 4) is 22.4 Å². The number of aliphatic hydroxyl groups excluding tert-OH is 2. The number of aliphatic hydroxyl groups is 2. The van der Waals surface area contributed by atoms with Gasteiger partial charge in [0.25, 0.3) is 5.91 Å². The van der Waals surface area contributed by atoms with Crippen molar-refractivity contribution < 1.29 is 29.3 Å². The fraction of sp³-hybridized carbons (Fsp3) is 0.303. The van der Waals surface area contributed by atoms with Crippen LogP contribution >= 0.6 is 0 Å². The number of nitrogens with one attached hydrogen (secondary N) is 1. The highest BCUT2D eigenvalue weighted by Crippen LogP contribution is 2.42. The monoisotopic (exact) mass is 573 g/mol. The van der Waals surface area contributed by atoms with E-state index >= 15 is 0 Å². The molecule has 0 spiro atoms. The van der Waals surface area contributed by atoms with Crippen molar-refractivity contribution in [1.29, 1.82) is 0 Å². The van der Waals surface area contributed by atoms with Crippen molar-refractivity contribution in [2.75, 3.05) is 0 Å². The van der Waals surface area contributed by atoms with E-state index in [0.717, 1.165) is 11.3 Å². The molecule has 0 radical (unpaired) electrons. The number of carboxylic acid groups (broad SMARTS) is 1. The molecule has 0 aliphatic heterocycles. The number of carboxylic acids is 1. The Hall–Kier alpha value is -4.34. The number of hydrogen-bond acceptors (Lipinski definition) is 5. The second-order valence-corrected chi connectivity index (χ2v) is 10.6. The van der Waals surface area contributed by atoms with Crippen LogP contribution in [0.1, 0.15) is 60.9 Å². The van der Waals surface area contributed by atoms with Crippen LogP contribution in [-0.4, -0.2) is 49.0 Å². The number of halogens is 1. The van der Waals surface area contributed by atoms with Gasteiger partial charge in [-0.15, -0.1) is 0 Å². The number of pyridine rings is 1. The molecule has 4 N–H and O–H groups in total. The molecule has 42 heavy (non-hydrogen) atoms. The molecule has 1 amide bonds. The van der Waals surface area contributed by atoms with Crippen LogP contribution < -0.4 is 5.32 Å². The number of nitrogens with zero attached hydrogens (tertiary/aromatic N) is 2. The number of hydrogen-bond donors (Lipinski definition) is 4. The molecule has 2 aromatic carbocycles. The van der Waals surface area contributed by atoms with Crippen molar-refractivity contribution >= 4 is 11.9 Å². The first-order valence-corrected chi connectivity index (χ1v) is 14.0. The van der Waals surface area contributed by atoms with Crippen LogP contribution in [0.5, 0.6) is 0 Å². The van der Waals surface area contributed by atoms with Crippen LogP contribution in [0.15, 0.2) is 79.0 Å². The van der Waals surface area contributed by atoms with E-state index in [9.17, 15) is 24.2 Å². The summed E-state index contributed by atoms with van der Waals surface area (Å²) in [5.74, 6) is -1.85.